The highest BCUT2D eigenvalue weighted by molar-refractivity contribution is 5.92. The lowest BCUT2D eigenvalue weighted by molar-refractivity contribution is 0.0719. The van der Waals surface area contributed by atoms with E-state index in [1.807, 2.05) is 30.3 Å². The highest BCUT2D eigenvalue weighted by Gasteiger charge is 2.34. The molecule has 0 spiro atoms. The molecular formula is C22H19F2N3O2. The Morgan fingerprint density at radius 3 is 2.52 bits per heavy atom. The summed E-state index contributed by atoms with van der Waals surface area (Å²) in [7, 11) is 0. The molecule has 0 radical (unpaired) electrons. The SMILES string of the molecule is O=C(c1ccc(=O)n(Cc2ccccc2)n1)N(Cc1ccc(F)cc1F)C1CC1. The number of amides is 1. The van der Waals surface area contributed by atoms with Crippen molar-refractivity contribution in [3.63, 3.8) is 0 Å². The average molecular weight is 395 g/mol. The number of hydrogen-bond donors (Lipinski definition) is 0. The Bertz CT molecular complexity index is 1090. The van der Waals surface area contributed by atoms with Crippen molar-refractivity contribution in [2.24, 2.45) is 0 Å². The predicted octanol–water partition coefficient (Wildman–Crippen LogP) is 3.37. The molecule has 29 heavy (non-hydrogen) atoms. The van der Waals surface area contributed by atoms with E-state index in [9.17, 15) is 18.4 Å². The van der Waals surface area contributed by atoms with Crippen molar-refractivity contribution in [3.05, 3.63) is 99.5 Å². The third-order valence-corrected chi connectivity index (χ3v) is 4.87. The summed E-state index contributed by atoms with van der Waals surface area (Å²) in [5, 5.41) is 4.24. The molecule has 1 amide bonds. The third kappa shape index (κ3) is 4.39. The van der Waals surface area contributed by atoms with Crippen LogP contribution in [0.1, 0.15) is 34.5 Å². The fourth-order valence-electron chi connectivity index (χ4n) is 3.17. The van der Waals surface area contributed by atoms with Crippen LogP contribution in [-0.2, 0) is 13.1 Å². The van der Waals surface area contributed by atoms with Crippen molar-refractivity contribution >= 4 is 5.91 Å². The van der Waals surface area contributed by atoms with Gasteiger partial charge in [-0.1, -0.05) is 36.4 Å². The normalized spacial score (nSPS) is 13.3. The van der Waals surface area contributed by atoms with E-state index in [1.165, 1.54) is 33.8 Å². The minimum atomic E-state index is -0.689. The van der Waals surface area contributed by atoms with E-state index in [0.29, 0.717) is 0 Å². The van der Waals surface area contributed by atoms with E-state index in [1.54, 1.807) is 0 Å². The number of benzene rings is 2. The Balaban J connectivity index is 1.59. The fraction of sp³-hybridized carbons (Fsp3) is 0.227. The van der Waals surface area contributed by atoms with Gasteiger partial charge < -0.3 is 4.90 Å². The average Bonchev–Trinajstić information content (AvgIpc) is 3.54. The van der Waals surface area contributed by atoms with Gasteiger partial charge in [0.15, 0.2) is 0 Å². The molecule has 1 saturated carbocycles. The molecule has 1 heterocycles. The van der Waals surface area contributed by atoms with Gasteiger partial charge in [-0.3, -0.25) is 9.59 Å². The zero-order valence-electron chi connectivity index (χ0n) is 15.6. The second kappa shape index (κ2) is 7.95. The second-order valence-corrected chi connectivity index (χ2v) is 7.10. The summed E-state index contributed by atoms with van der Waals surface area (Å²) in [6.07, 6.45) is 1.64. The van der Waals surface area contributed by atoms with Crippen molar-refractivity contribution < 1.29 is 13.6 Å². The van der Waals surface area contributed by atoms with Crippen LogP contribution >= 0.6 is 0 Å². The molecule has 3 aromatic rings. The van der Waals surface area contributed by atoms with Crippen LogP contribution in [-0.4, -0.2) is 26.6 Å². The lowest BCUT2D eigenvalue weighted by atomic mass is 10.2. The maximum atomic E-state index is 14.1. The molecule has 0 bridgehead atoms. The first-order valence-electron chi connectivity index (χ1n) is 9.38. The van der Waals surface area contributed by atoms with Crippen LogP contribution in [0.15, 0.2) is 65.5 Å². The van der Waals surface area contributed by atoms with Gasteiger partial charge in [-0.05, 0) is 30.5 Å². The first kappa shape index (κ1) is 19.0. The van der Waals surface area contributed by atoms with Gasteiger partial charge in [-0.15, -0.1) is 0 Å². The Morgan fingerprint density at radius 2 is 1.83 bits per heavy atom. The first-order chi connectivity index (χ1) is 14.0. The van der Waals surface area contributed by atoms with Crippen molar-refractivity contribution in [3.8, 4) is 0 Å². The number of hydrogen-bond acceptors (Lipinski definition) is 3. The summed E-state index contributed by atoms with van der Waals surface area (Å²) >= 11 is 0. The van der Waals surface area contributed by atoms with Gasteiger partial charge in [0.2, 0.25) is 0 Å². The molecule has 148 valence electrons. The molecule has 1 fully saturated rings. The van der Waals surface area contributed by atoms with Crippen LogP contribution in [0.3, 0.4) is 0 Å². The zero-order chi connectivity index (χ0) is 20.4. The molecule has 4 rings (SSSR count). The van der Waals surface area contributed by atoms with Crippen LogP contribution < -0.4 is 5.56 Å². The van der Waals surface area contributed by atoms with E-state index >= 15 is 0 Å². The molecule has 5 nitrogen and oxygen atoms in total. The minimum Gasteiger partial charge on any atom is -0.330 e. The summed E-state index contributed by atoms with van der Waals surface area (Å²) in [4.78, 5) is 26.8. The molecule has 7 heteroatoms. The summed E-state index contributed by atoms with van der Waals surface area (Å²) < 4.78 is 28.5. The van der Waals surface area contributed by atoms with Gasteiger partial charge in [0, 0.05) is 30.3 Å². The lowest BCUT2D eigenvalue weighted by Gasteiger charge is -2.22. The van der Waals surface area contributed by atoms with Crippen molar-refractivity contribution in [1.82, 2.24) is 14.7 Å². The number of aromatic nitrogens is 2. The maximum absolute atomic E-state index is 14.1. The zero-order valence-corrected chi connectivity index (χ0v) is 15.6. The molecule has 1 aliphatic rings. The standard InChI is InChI=1S/C22H19F2N3O2/c23-17-7-6-16(19(24)12-17)14-26(18-8-9-18)22(29)20-10-11-21(28)27(25-20)13-15-4-2-1-3-5-15/h1-7,10-12,18H,8-9,13-14H2. The lowest BCUT2D eigenvalue weighted by Crippen LogP contribution is -2.35. The predicted molar refractivity (Wildman–Crippen MR) is 103 cm³/mol. The number of rotatable bonds is 6. The molecule has 0 saturated heterocycles. The van der Waals surface area contributed by atoms with Crippen LogP contribution in [0, 0.1) is 11.6 Å². The molecule has 1 aliphatic carbocycles. The number of carbonyl (C=O) groups excluding carboxylic acids is 1. The van der Waals surface area contributed by atoms with Gasteiger partial charge >= 0.3 is 0 Å². The number of nitrogens with zero attached hydrogens (tertiary/aromatic N) is 3. The first-order valence-corrected chi connectivity index (χ1v) is 9.38. The summed E-state index contributed by atoms with van der Waals surface area (Å²) in [5.74, 6) is -1.73. The summed E-state index contributed by atoms with van der Waals surface area (Å²) in [6, 6.07) is 15.4. The minimum absolute atomic E-state index is 0.0109. The molecule has 2 aromatic carbocycles. The van der Waals surface area contributed by atoms with E-state index < -0.39 is 11.6 Å². The van der Waals surface area contributed by atoms with Crippen LogP contribution in [0.2, 0.25) is 0 Å². The molecule has 0 aliphatic heterocycles. The van der Waals surface area contributed by atoms with Gasteiger partial charge in [0.25, 0.3) is 11.5 Å². The van der Waals surface area contributed by atoms with Crippen molar-refractivity contribution in [1.29, 1.82) is 0 Å². The smallest absolute Gasteiger partial charge is 0.274 e. The molecule has 0 N–H and O–H groups in total. The Labute approximate surface area is 166 Å². The summed E-state index contributed by atoms with van der Waals surface area (Å²) in [5.41, 5.74) is 0.936. The highest BCUT2D eigenvalue weighted by atomic mass is 19.1. The van der Waals surface area contributed by atoms with E-state index in [2.05, 4.69) is 5.10 Å². The third-order valence-electron chi connectivity index (χ3n) is 4.87. The molecular weight excluding hydrogens is 376 g/mol. The number of halogens is 2. The highest BCUT2D eigenvalue weighted by Crippen LogP contribution is 2.30. The van der Waals surface area contributed by atoms with Crippen molar-refractivity contribution in [2.45, 2.75) is 32.0 Å². The Kier molecular flexibility index (Phi) is 5.20. The fourth-order valence-corrected chi connectivity index (χ4v) is 3.17. The van der Waals surface area contributed by atoms with Gasteiger partial charge in [-0.25, -0.2) is 13.5 Å². The van der Waals surface area contributed by atoms with E-state index in [0.717, 1.165) is 24.5 Å². The van der Waals surface area contributed by atoms with E-state index in [-0.39, 0.29) is 41.9 Å². The van der Waals surface area contributed by atoms with Gasteiger partial charge in [-0.2, -0.15) is 5.10 Å². The van der Waals surface area contributed by atoms with E-state index in [4.69, 9.17) is 0 Å². The van der Waals surface area contributed by atoms with Gasteiger partial charge in [0.1, 0.15) is 17.3 Å². The quantitative estimate of drug-likeness (QED) is 0.643. The molecule has 0 atom stereocenters. The van der Waals surface area contributed by atoms with Crippen LogP contribution in [0.5, 0.6) is 0 Å². The van der Waals surface area contributed by atoms with Gasteiger partial charge in [0.05, 0.1) is 6.54 Å². The number of carbonyl (C=O) groups is 1. The Hall–Kier alpha value is -3.35. The van der Waals surface area contributed by atoms with Crippen molar-refractivity contribution in [2.75, 3.05) is 0 Å². The topological polar surface area (TPSA) is 55.2 Å². The Morgan fingerprint density at radius 1 is 1.07 bits per heavy atom. The second-order valence-electron chi connectivity index (χ2n) is 7.10. The molecule has 0 unspecified atom stereocenters. The largest absolute Gasteiger partial charge is 0.330 e. The maximum Gasteiger partial charge on any atom is 0.274 e. The molecule has 1 aromatic heterocycles. The summed E-state index contributed by atoms with van der Waals surface area (Å²) in [6.45, 7) is 0.270. The monoisotopic (exact) mass is 395 g/mol. The van der Waals surface area contributed by atoms with Crippen LogP contribution in [0.25, 0.3) is 0 Å². The van der Waals surface area contributed by atoms with Crippen LogP contribution in [0.4, 0.5) is 8.78 Å².